The lowest BCUT2D eigenvalue weighted by Gasteiger charge is -2.46. The van der Waals surface area contributed by atoms with Crippen molar-refractivity contribution in [1.29, 1.82) is 0 Å². The molecule has 4 aliphatic heterocycles. The number of nitrogens with zero attached hydrogens (tertiary/aromatic N) is 5. The molecule has 8 rings (SSSR count). The van der Waals surface area contributed by atoms with E-state index in [1.807, 2.05) is 11.9 Å². The number of fused-ring (bicyclic) bond motifs is 5. The molecule has 238 valence electrons. The SMILES string of the molecule is CCc1c(F)ccc2cc(O)cc(-n3c(C(F)(F)F)cc4c(N5CC6CCC5CN6)nc(OC[C@@H]5CCCN5C)nc4c3=O)c12. The molecule has 3 atom stereocenters. The number of anilines is 1. The normalized spacial score (nSPS) is 22.2. The lowest BCUT2D eigenvalue weighted by Crippen LogP contribution is -2.61. The molecule has 0 amide bonds. The van der Waals surface area contributed by atoms with Gasteiger partial charge < -0.3 is 25.0 Å². The summed E-state index contributed by atoms with van der Waals surface area (Å²) in [7, 11) is 2.00. The quantitative estimate of drug-likeness (QED) is 0.296. The molecule has 2 aromatic heterocycles. The summed E-state index contributed by atoms with van der Waals surface area (Å²) in [5.41, 5.74) is -2.73. The highest BCUT2D eigenvalue weighted by Gasteiger charge is 2.40. The molecule has 0 aliphatic carbocycles. The summed E-state index contributed by atoms with van der Waals surface area (Å²) in [5, 5.41) is 14.4. The molecule has 45 heavy (non-hydrogen) atoms. The zero-order valence-electron chi connectivity index (χ0n) is 25.0. The first-order chi connectivity index (χ1) is 21.5. The van der Waals surface area contributed by atoms with Crippen LogP contribution in [0.4, 0.5) is 23.4 Å². The van der Waals surface area contributed by atoms with Gasteiger partial charge in [0.25, 0.3) is 5.56 Å². The number of piperidine rings is 2. The van der Waals surface area contributed by atoms with Crippen LogP contribution in [-0.2, 0) is 12.6 Å². The Labute approximate surface area is 256 Å². The Kier molecular flexibility index (Phi) is 7.35. The summed E-state index contributed by atoms with van der Waals surface area (Å²) in [6, 6.07) is 6.02. The first kappa shape index (κ1) is 29.7. The lowest BCUT2D eigenvalue weighted by molar-refractivity contribution is -0.142. The van der Waals surface area contributed by atoms with Gasteiger partial charge in [-0.2, -0.15) is 23.1 Å². The predicted octanol–water partition coefficient (Wildman–Crippen LogP) is 4.77. The third kappa shape index (κ3) is 5.15. The number of halogens is 4. The van der Waals surface area contributed by atoms with Crippen molar-refractivity contribution in [2.24, 2.45) is 0 Å². The summed E-state index contributed by atoms with van der Waals surface area (Å²) in [6.45, 7) is 4.02. The van der Waals surface area contributed by atoms with Gasteiger partial charge >= 0.3 is 12.2 Å². The van der Waals surface area contributed by atoms with Crippen molar-refractivity contribution in [3.05, 3.63) is 57.8 Å². The number of phenolic OH excluding ortho intramolecular Hbond substituents is 1. The van der Waals surface area contributed by atoms with Gasteiger partial charge in [-0.15, -0.1) is 0 Å². The molecular weight excluding hydrogens is 592 g/mol. The highest BCUT2D eigenvalue weighted by Crippen LogP contribution is 2.39. The Morgan fingerprint density at radius 2 is 1.96 bits per heavy atom. The maximum absolute atomic E-state index is 15.0. The average Bonchev–Trinajstić information content (AvgIpc) is 3.44. The van der Waals surface area contributed by atoms with E-state index in [0.717, 1.165) is 44.4 Å². The first-order valence-corrected chi connectivity index (χ1v) is 15.4. The first-order valence-electron chi connectivity index (χ1n) is 15.4. The summed E-state index contributed by atoms with van der Waals surface area (Å²) in [6.07, 6.45) is -1.15. The van der Waals surface area contributed by atoms with E-state index in [1.54, 1.807) is 6.92 Å². The van der Waals surface area contributed by atoms with E-state index in [-0.39, 0.29) is 76.3 Å². The maximum atomic E-state index is 15.0. The van der Waals surface area contributed by atoms with E-state index in [9.17, 15) is 23.1 Å². The number of nitrogens with one attached hydrogen (secondary N) is 1. The molecule has 0 radical (unpaired) electrons. The second-order valence-corrected chi connectivity index (χ2v) is 12.3. The Balaban J connectivity index is 1.50. The largest absolute Gasteiger partial charge is 0.508 e. The van der Waals surface area contributed by atoms with Gasteiger partial charge in [0, 0.05) is 42.7 Å². The molecular formula is C32H34F4N6O3. The van der Waals surface area contributed by atoms with Crippen LogP contribution >= 0.6 is 0 Å². The molecule has 0 saturated carbocycles. The predicted molar refractivity (Wildman–Crippen MR) is 162 cm³/mol. The molecule has 2 aromatic carbocycles. The number of likely N-dealkylation sites (tertiary alicyclic amines) is 1. The maximum Gasteiger partial charge on any atom is 0.431 e. The van der Waals surface area contributed by atoms with Crippen molar-refractivity contribution in [3.63, 3.8) is 0 Å². The number of pyridine rings is 1. The number of piperazine rings is 1. The van der Waals surface area contributed by atoms with E-state index in [4.69, 9.17) is 4.74 Å². The second kappa shape index (κ2) is 11.1. The monoisotopic (exact) mass is 626 g/mol. The van der Waals surface area contributed by atoms with E-state index in [2.05, 4.69) is 20.2 Å². The van der Waals surface area contributed by atoms with Crippen LogP contribution in [-0.4, -0.2) is 76.0 Å². The molecule has 4 aliphatic rings. The number of aromatic hydroxyl groups is 1. The van der Waals surface area contributed by atoms with Gasteiger partial charge in [0.2, 0.25) is 0 Å². The fourth-order valence-corrected chi connectivity index (χ4v) is 7.21. The number of hydrogen-bond acceptors (Lipinski definition) is 8. The van der Waals surface area contributed by atoms with Gasteiger partial charge in [0.05, 0.1) is 11.1 Å². The van der Waals surface area contributed by atoms with Crippen LogP contribution in [0.1, 0.15) is 43.9 Å². The number of rotatable bonds is 6. The molecule has 4 saturated heterocycles. The third-order valence-corrected chi connectivity index (χ3v) is 9.55. The van der Waals surface area contributed by atoms with Crippen molar-refractivity contribution < 1.29 is 27.4 Å². The molecule has 4 fully saturated rings. The molecule has 2 N–H and O–H groups in total. The number of hydrogen-bond donors (Lipinski definition) is 2. The van der Waals surface area contributed by atoms with Gasteiger partial charge in [-0.3, -0.25) is 9.36 Å². The Hall–Kier alpha value is -3.97. The van der Waals surface area contributed by atoms with Gasteiger partial charge in [0.15, 0.2) is 0 Å². The lowest BCUT2D eigenvalue weighted by atomic mass is 9.93. The number of phenols is 1. The van der Waals surface area contributed by atoms with E-state index >= 15 is 4.39 Å². The fraction of sp³-hybridized carbons (Fsp3) is 0.469. The van der Waals surface area contributed by atoms with Crippen LogP contribution in [0.25, 0.3) is 27.4 Å². The number of likely N-dealkylation sites (N-methyl/N-ethyl adjacent to an activating group) is 1. The van der Waals surface area contributed by atoms with Crippen LogP contribution in [0.5, 0.6) is 11.8 Å². The molecule has 13 heteroatoms. The summed E-state index contributed by atoms with van der Waals surface area (Å²) in [5.74, 6) is -0.761. The smallest absolute Gasteiger partial charge is 0.431 e. The van der Waals surface area contributed by atoms with Crippen molar-refractivity contribution in [1.82, 2.24) is 24.8 Å². The van der Waals surface area contributed by atoms with E-state index in [1.165, 1.54) is 18.2 Å². The second-order valence-electron chi connectivity index (χ2n) is 12.3. The standard InChI is InChI=1S/C32H34F4N6O3/c1-3-22-24(33)9-6-17-11-21(43)12-25(27(17)22)42-26(32(34,35)36)13-23-28(30(42)44)38-31(45-16-20-5-4-10-40(20)2)39-29(23)41-15-18-7-8-19(41)14-37-18/h6,9,11-13,18-20,37,43H,3-5,7-8,10,14-16H2,1-2H3/t18?,19?,20-/m0/s1. The van der Waals surface area contributed by atoms with E-state index < -0.39 is 23.2 Å². The Morgan fingerprint density at radius 1 is 1.13 bits per heavy atom. The van der Waals surface area contributed by atoms with Crippen LogP contribution < -0.4 is 20.5 Å². The Morgan fingerprint density at radius 3 is 2.60 bits per heavy atom. The third-order valence-electron chi connectivity index (χ3n) is 9.55. The Bertz CT molecular complexity index is 1850. The highest BCUT2D eigenvalue weighted by molar-refractivity contribution is 5.96. The highest BCUT2D eigenvalue weighted by atomic mass is 19.4. The van der Waals surface area contributed by atoms with Gasteiger partial charge in [-0.25, -0.2) is 4.39 Å². The van der Waals surface area contributed by atoms with Gasteiger partial charge in [-0.05, 0) is 74.8 Å². The van der Waals surface area contributed by atoms with Crippen molar-refractivity contribution in [2.45, 2.75) is 63.3 Å². The zero-order valence-corrected chi connectivity index (χ0v) is 25.0. The number of aryl methyl sites for hydroxylation is 1. The summed E-state index contributed by atoms with van der Waals surface area (Å²) in [4.78, 5) is 27.6. The minimum atomic E-state index is -4.99. The van der Waals surface area contributed by atoms with E-state index in [0.29, 0.717) is 23.0 Å². The average molecular weight is 627 g/mol. The van der Waals surface area contributed by atoms with Gasteiger partial charge in [-0.1, -0.05) is 13.0 Å². The minimum absolute atomic E-state index is 0.0243. The number of aromatic nitrogens is 3. The van der Waals surface area contributed by atoms with Crippen LogP contribution in [0.15, 0.2) is 35.1 Å². The van der Waals surface area contributed by atoms with Gasteiger partial charge in [0.1, 0.15) is 35.2 Å². The van der Waals surface area contributed by atoms with Crippen molar-refractivity contribution >= 4 is 27.5 Å². The zero-order chi connectivity index (χ0) is 31.6. The minimum Gasteiger partial charge on any atom is -0.508 e. The molecule has 0 spiro atoms. The molecule has 4 aromatic rings. The van der Waals surface area contributed by atoms with Crippen LogP contribution in [0.2, 0.25) is 0 Å². The van der Waals surface area contributed by atoms with Crippen molar-refractivity contribution in [2.75, 3.05) is 38.2 Å². The molecule has 2 unspecified atom stereocenters. The molecule has 6 heterocycles. The molecule has 9 nitrogen and oxygen atoms in total. The fourth-order valence-electron chi connectivity index (χ4n) is 7.21. The number of benzene rings is 2. The molecule has 2 bridgehead atoms. The summed E-state index contributed by atoms with van der Waals surface area (Å²) >= 11 is 0. The van der Waals surface area contributed by atoms with Crippen LogP contribution in [0, 0.1) is 5.82 Å². The summed E-state index contributed by atoms with van der Waals surface area (Å²) < 4.78 is 66.4. The number of ether oxygens (including phenoxy) is 1. The van der Waals surface area contributed by atoms with Crippen molar-refractivity contribution in [3.8, 4) is 17.4 Å². The van der Waals surface area contributed by atoms with Crippen LogP contribution in [0.3, 0.4) is 0 Å². The number of alkyl halides is 3. The topological polar surface area (TPSA) is 95.8 Å².